The number of nitrogens with one attached hydrogen (secondary N) is 1. The van der Waals surface area contributed by atoms with Gasteiger partial charge in [0.2, 0.25) is 5.89 Å². The summed E-state index contributed by atoms with van der Waals surface area (Å²) < 4.78 is 5.53. The second kappa shape index (κ2) is 11.4. The third-order valence-electron chi connectivity index (χ3n) is 5.75. The molecule has 8 heteroatoms. The third-order valence-corrected chi connectivity index (χ3v) is 5.75. The van der Waals surface area contributed by atoms with Crippen LogP contribution in [0.2, 0.25) is 0 Å². The van der Waals surface area contributed by atoms with E-state index in [0.717, 1.165) is 31.7 Å². The minimum Gasteiger partial charge on any atom is -0.447 e. The van der Waals surface area contributed by atoms with Crippen LogP contribution < -0.4 is 5.32 Å². The molecule has 1 saturated heterocycles. The van der Waals surface area contributed by atoms with Crippen LogP contribution >= 0.6 is 0 Å². The number of carbonyl (C=O) groups is 1. The fourth-order valence-corrected chi connectivity index (χ4v) is 3.58. The van der Waals surface area contributed by atoms with Gasteiger partial charge in [0.05, 0.1) is 12.6 Å². The highest BCUT2D eigenvalue weighted by Crippen LogP contribution is 2.10. The Morgan fingerprint density at radius 2 is 1.87 bits per heavy atom. The molecule has 0 bridgehead atoms. The second-order valence-corrected chi connectivity index (χ2v) is 8.56. The van der Waals surface area contributed by atoms with Gasteiger partial charge in [-0.25, -0.2) is 4.98 Å². The Balaban J connectivity index is 1.39. The van der Waals surface area contributed by atoms with Gasteiger partial charge >= 0.3 is 0 Å². The standard InChI is InChI=1S/C23H35N5O3/c1-18(2)26(3)14-20(29)15-27-9-11-28(12-10-27)16-22-25-21(17-31-22)23(30)24-13-19-7-5-4-6-8-19/h4-8,17-18,20,29H,9-16H2,1-3H3,(H,24,30). The Kier molecular flexibility index (Phi) is 8.60. The van der Waals surface area contributed by atoms with E-state index >= 15 is 0 Å². The molecule has 2 aromatic rings. The monoisotopic (exact) mass is 429 g/mol. The zero-order valence-electron chi connectivity index (χ0n) is 18.8. The molecule has 170 valence electrons. The summed E-state index contributed by atoms with van der Waals surface area (Å²) in [5.41, 5.74) is 1.35. The molecule has 1 atom stereocenters. The van der Waals surface area contributed by atoms with Crippen LogP contribution in [0, 0.1) is 0 Å². The number of likely N-dealkylation sites (N-methyl/N-ethyl adjacent to an activating group) is 1. The Bertz CT molecular complexity index is 803. The number of β-amino-alcohol motifs (C(OH)–C–C–N with tert-alkyl or cyclic N) is 1. The first-order valence-corrected chi connectivity index (χ1v) is 11.0. The average Bonchev–Trinajstić information content (AvgIpc) is 3.22. The lowest BCUT2D eigenvalue weighted by Gasteiger charge is -2.35. The predicted octanol–water partition coefficient (Wildman–Crippen LogP) is 1.42. The van der Waals surface area contributed by atoms with Crippen LogP contribution in [0.3, 0.4) is 0 Å². The molecule has 0 aliphatic carbocycles. The molecular formula is C23H35N5O3. The van der Waals surface area contributed by atoms with Gasteiger partial charge in [-0.15, -0.1) is 0 Å². The Morgan fingerprint density at radius 1 is 1.19 bits per heavy atom. The van der Waals surface area contributed by atoms with E-state index in [1.54, 1.807) is 0 Å². The number of piperazine rings is 1. The number of amides is 1. The van der Waals surface area contributed by atoms with Crippen LogP contribution in [0.25, 0.3) is 0 Å². The Hall–Kier alpha value is -2.26. The maximum atomic E-state index is 12.3. The van der Waals surface area contributed by atoms with Crippen molar-refractivity contribution in [3.05, 3.63) is 53.7 Å². The summed E-state index contributed by atoms with van der Waals surface area (Å²) in [5, 5.41) is 13.2. The number of aliphatic hydroxyl groups excluding tert-OH is 1. The molecule has 1 aliphatic rings. The van der Waals surface area contributed by atoms with Crippen molar-refractivity contribution in [2.24, 2.45) is 0 Å². The van der Waals surface area contributed by atoms with Crippen molar-refractivity contribution in [3.8, 4) is 0 Å². The molecule has 8 nitrogen and oxygen atoms in total. The summed E-state index contributed by atoms with van der Waals surface area (Å²) in [5.74, 6) is 0.320. The van der Waals surface area contributed by atoms with E-state index in [4.69, 9.17) is 4.42 Å². The summed E-state index contributed by atoms with van der Waals surface area (Å²) in [4.78, 5) is 23.4. The first-order valence-electron chi connectivity index (χ1n) is 11.0. The molecule has 1 amide bonds. The predicted molar refractivity (Wildman–Crippen MR) is 120 cm³/mol. The molecule has 1 unspecified atom stereocenters. The normalized spacial score (nSPS) is 16.7. The molecule has 2 N–H and O–H groups in total. The van der Waals surface area contributed by atoms with E-state index in [0.29, 0.717) is 43.8 Å². The Labute approximate surface area is 184 Å². The minimum atomic E-state index is -0.345. The maximum absolute atomic E-state index is 12.3. The number of carbonyl (C=O) groups excluding carboxylic acids is 1. The van der Waals surface area contributed by atoms with E-state index in [1.807, 2.05) is 37.4 Å². The van der Waals surface area contributed by atoms with E-state index in [9.17, 15) is 9.90 Å². The van der Waals surface area contributed by atoms with E-state index in [-0.39, 0.29) is 12.0 Å². The van der Waals surface area contributed by atoms with Gasteiger partial charge in [-0.1, -0.05) is 30.3 Å². The van der Waals surface area contributed by atoms with Crippen molar-refractivity contribution in [3.63, 3.8) is 0 Å². The summed E-state index contributed by atoms with van der Waals surface area (Å²) in [7, 11) is 2.04. The first kappa shape index (κ1) is 23.4. The lowest BCUT2D eigenvalue weighted by atomic mass is 10.2. The first-order chi connectivity index (χ1) is 14.9. The fraction of sp³-hybridized carbons (Fsp3) is 0.565. The average molecular weight is 430 g/mol. The molecule has 0 radical (unpaired) electrons. The van der Waals surface area contributed by atoms with Crippen molar-refractivity contribution in [1.29, 1.82) is 0 Å². The van der Waals surface area contributed by atoms with Gasteiger partial charge in [0, 0.05) is 51.9 Å². The number of aliphatic hydroxyl groups is 1. The number of oxazole rings is 1. The number of hydrogen-bond donors (Lipinski definition) is 2. The third kappa shape index (κ3) is 7.43. The van der Waals surface area contributed by atoms with Gasteiger partial charge in [-0.05, 0) is 26.5 Å². The van der Waals surface area contributed by atoms with E-state index in [2.05, 4.69) is 38.8 Å². The van der Waals surface area contributed by atoms with Crippen LogP contribution in [-0.4, -0.2) is 89.2 Å². The van der Waals surface area contributed by atoms with E-state index < -0.39 is 0 Å². The fourth-order valence-electron chi connectivity index (χ4n) is 3.58. The minimum absolute atomic E-state index is 0.232. The lowest BCUT2D eigenvalue weighted by molar-refractivity contribution is 0.0469. The highest BCUT2D eigenvalue weighted by Gasteiger charge is 2.22. The highest BCUT2D eigenvalue weighted by atomic mass is 16.3. The molecular weight excluding hydrogens is 394 g/mol. The molecule has 1 aromatic heterocycles. The van der Waals surface area contributed by atoms with Gasteiger partial charge < -0.3 is 19.7 Å². The van der Waals surface area contributed by atoms with Gasteiger partial charge in [-0.3, -0.25) is 14.6 Å². The van der Waals surface area contributed by atoms with Crippen LogP contribution in [-0.2, 0) is 13.1 Å². The smallest absolute Gasteiger partial charge is 0.273 e. The summed E-state index contributed by atoms with van der Waals surface area (Å²) in [6.07, 6.45) is 1.08. The maximum Gasteiger partial charge on any atom is 0.273 e. The topological polar surface area (TPSA) is 85.1 Å². The highest BCUT2D eigenvalue weighted by molar-refractivity contribution is 5.91. The lowest BCUT2D eigenvalue weighted by Crippen LogP contribution is -2.49. The number of rotatable bonds is 10. The van der Waals surface area contributed by atoms with Crippen molar-refractivity contribution in [2.75, 3.05) is 46.3 Å². The van der Waals surface area contributed by atoms with Crippen molar-refractivity contribution in [1.82, 2.24) is 25.0 Å². The zero-order valence-corrected chi connectivity index (χ0v) is 18.8. The van der Waals surface area contributed by atoms with Gasteiger partial charge in [0.15, 0.2) is 5.69 Å². The molecule has 1 fully saturated rings. The van der Waals surface area contributed by atoms with Crippen LogP contribution in [0.15, 0.2) is 41.0 Å². The number of aromatic nitrogens is 1. The van der Waals surface area contributed by atoms with Crippen LogP contribution in [0.4, 0.5) is 0 Å². The number of hydrogen-bond acceptors (Lipinski definition) is 7. The second-order valence-electron chi connectivity index (χ2n) is 8.56. The largest absolute Gasteiger partial charge is 0.447 e. The number of benzene rings is 1. The molecule has 0 spiro atoms. The van der Waals surface area contributed by atoms with E-state index in [1.165, 1.54) is 6.26 Å². The van der Waals surface area contributed by atoms with Crippen molar-refractivity contribution < 1.29 is 14.3 Å². The number of nitrogens with zero attached hydrogens (tertiary/aromatic N) is 4. The summed E-state index contributed by atoms with van der Waals surface area (Å²) >= 11 is 0. The summed E-state index contributed by atoms with van der Waals surface area (Å²) in [6.45, 7) is 10.2. The zero-order chi connectivity index (χ0) is 22.2. The SMILES string of the molecule is CC(C)N(C)CC(O)CN1CCN(Cc2nc(C(=O)NCc3ccccc3)co2)CC1. The van der Waals surface area contributed by atoms with Crippen LogP contribution in [0.1, 0.15) is 35.8 Å². The molecule has 31 heavy (non-hydrogen) atoms. The molecule has 3 rings (SSSR count). The Morgan fingerprint density at radius 3 is 2.55 bits per heavy atom. The van der Waals surface area contributed by atoms with Gasteiger partial charge in [0.1, 0.15) is 6.26 Å². The quantitative estimate of drug-likeness (QED) is 0.591. The van der Waals surface area contributed by atoms with Crippen molar-refractivity contribution >= 4 is 5.91 Å². The summed E-state index contributed by atoms with van der Waals surface area (Å²) in [6, 6.07) is 10.2. The van der Waals surface area contributed by atoms with Crippen molar-refractivity contribution in [2.45, 2.75) is 39.1 Å². The van der Waals surface area contributed by atoms with Crippen LogP contribution in [0.5, 0.6) is 0 Å². The molecule has 1 aliphatic heterocycles. The molecule has 0 saturated carbocycles. The van der Waals surface area contributed by atoms with Gasteiger partial charge in [0.25, 0.3) is 5.91 Å². The van der Waals surface area contributed by atoms with Gasteiger partial charge in [-0.2, -0.15) is 0 Å². The molecule has 1 aromatic carbocycles. The molecule has 2 heterocycles.